The zero-order valence-corrected chi connectivity index (χ0v) is 14.5. The Morgan fingerprint density at radius 1 is 1.22 bits per heavy atom. The fraction of sp³-hybridized carbons (Fsp3) is 0.118. The number of hydrogen-bond acceptors (Lipinski definition) is 5. The van der Waals surface area contributed by atoms with Crippen LogP contribution in [0.25, 0.3) is 17.4 Å². The third-order valence-corrected chi connectivity index (χ3v) is 4.08. The van der Waals surface area contributed by atoms with Gasteiger partial charge in [0.05, 0.1) is 4.91 Å². The Morgan fingerprint density at radius 3 is 2.56 bits per heavy atom. The van der Waals surface area contributed by atoms with Crippen molar-refractivity contribution in [3.05, 3.63) is 47.1 Å². The van der Waals surface area contributed by atoms with E-state index in [-0.39, 0.29) is 21.7 Å². The molecule has 2 heterocycles. The maximum atomic E-state index is 12.2. The highest BCUT2D eigenvalue weighted by molar-refractivity contribution is 8.18. The first-order chi connectivity index (χ1) is 12.7. The summed E-state index contributed by atoms with van der Waals surface area (Å²) >= 11 is 1.00. The second-order valence-corrected chi connectivity index (χ2v) is 6.32. The van der Waals surface area contributed by atoms with Gasteiger partial charge in [0.25, 0.3) is 5.91 Å². The molecule has 2 amide bonds. The Balaban J connectivity index is 1.72. The van der Waals surface area contributed by atoms with Gasteiger partial charge in [-0.15, -0.1) is 13.2 Å². The number of nitrogens with one attached hydrogen (secondary N) is 1. The lowest BCUT2D eigenvalue weighted by Gasteiger charge is -2.08. The first-order valence-corrected chi connectivity index (χ1v) is 8.27. The topological polar surface area (TPSA) is 80.9 Å². The van der Waals surface area contributed by atoms with E-state index in [9.17, 15) is 22.8 Å². The summed E-state index contributed by atoms with van der Waals surface area (Å²) in [4.78, 5) is 26.8. The van der Waals surface area contributed by atoms with Crippen molar-refractivity contribution in [3.63, 3.8) is 0 Å². The van der Waals surface area contributed by atoms with Crippen molar-refractivity contribution < 1.29 is 31.9 Å². The number of halogens is 3. The highest BCUT2D eigenvalue weighted by atomic mass is 32.2. The molecule has 6 nitrogen and oxygen atoms in total. The van der Waals surface area contributed by atoms with Crippen LogP contribution in [0.3, 0.4) is 0 Å². The van der Waals surface area contributed by atoms with Crippen molar-refractivity contribution >= 4 is 34.8 Å². The molecule has 27 heavy (non-hydrogen) atoms. The molecule has 0 atom stereocenters. The number of carbonyl (C=O) groups excluding carboxylic acids is 2. The molecule has 140 valence electrons. The number of hydrogen-bond donors (Lipinski definition) is 1. The van der Waals surface area contributed by atoms with Crippen LogP contribution in [0.4, 0.5) is 13.2 Å². The summed E-state index contributed by atoms with van der Waals surface area (Å²) < 4.78 is 46.0. The smallest absolute Gasteiger partial charge is 0.457 e. The van der Waals surface area contributed by atoms with E-state index < -0.39 is 12.3 Å². The van der Waals surface area contributed by atoms with Crippen LogP contribution in [0.2, 0.25) is 0 Å². The van der Waals surface area contributed by atoms with Crippen molar-refractivity contribution in [1.82, 2.24) is 5.32 Å². The number of thioether (sulfide) groups is 1. The number of aliphatic imine (C=N–C) groups is 1. The predicted octanol–water partition coefficient (Wildman–Crippen LogP) is 3.95. The molecule has 0 spiro atoms. The molecule has 0 saturated heterocycles. The molecular weight excluding hydrogens is 385 g/mol. The Bertz CT molecular complexity index is 946. The molecular formula is C17H11F3N2O4S. The van der Waals surface area contributed by atoms with Crippen molar-refractivity contribution in [2.75, 3.05) is 0 Å². The number of carbonyl (C=O) groups is 2. The lowest BCUT2D eigenvalue weighted by molar-refractivity contribution is -0.274. The molecule has 0 radical (unpaired) electrons. The van der Waals surface area contributed by atoms with Crippen LogP contribution in [-0.2, 0) is 9.59 Å². The molecule has 0 bridgehead atoms. The van der Waals surface area contributed by atoms with Gasteiger partial charge in [-0.25, -0.2) is 0 Å². The van der Waals surface area contributed by atoms with Crippen LogP contribution in [-0.4, -0.2) is 23.3 Å². The molecule has 1 aromatic heterocycles. The van der Waals surface area contributed by atoms with Gasteiger partial charge in [0, 0.05) is 18.6 Å². The molecule has 1 aliphatic rings. The van der Waals surface area contributed by atoms with Crippen LogP contribution < -0.4 is 10.1 Å². The normalized spacial score (nSPS) is 15.8. The third kappa shape index (κ3) is 5.00. The SMILES string of the molecule is CC(=O)NC1=NC(=O)C(=Cc2ccc(-c3ccc(OC(F)(F)F)cc3)o2)S1. The average Bonchev–Trinajstić information content (AvgIpc) is 3.14. The van der Waals surface area contributed by atoms with Gasteiger partial charge in [0.2, 0.25) is 5.91 Å². The van der Waals surface area contributed by atoms with Gasteiger partial charge in [-0.1, -0.05) is 0 Å². The van der Waals surface area contributed by atoms with Gasteiger partial charge in [-0.05, 0) is 48.2 Å². The Labute approximate surface area is 155 Å². The summed E-state index contributed by atoms with van der Waals surface area (Å²) in [5, 5.41) is 2.62. The van der Waals surface area contributed by atoms with Gasteiger partial charge in [-0.2, -0.15) is 4.99 Å². The zero-order valence-electron chi connectivity index (χ0n) is 13.7. The highest BCUT2D eigenvalue weighted by Gasteiger charge is 2.31. The third-order valence-electron chi connectivity index (χ3n) is 3.18. The summed E-state index contributed by atoms with van der Waals surface area (Å²) in [5.41, 5.74) is 0.537. The molecule has 0 aliphatic carbocycles. The Kier molecular flexibility index (Phi) is 5.08. The van der Waals surface area contributed by atoms with Crippen LogP contribution >= 0.6 is 11.8 Å². The van der Waals surface area contributed by atoms with Crippen molar-refractivity contribution in [1.29, 1.82) is 0 Å². The van der Waals surface area contributed by atoms with E-state index in [1.807, 2.05) is 0 Å². The van der Waals surface area contributed by atoms with E-state index >= 15 is 0 Å². The van der Waals surface area contributed by atoms with Gasteiger partial charge < -0.3 is 14.5 Å². The number of alkyl halides is 3. The lowest BCUT2D eigenvalue weighted by Crippen LogP contribution is -2.23. The van der Waals surface area contributed by atoms with E-state index in [1.54, 1.807) is 12.1 Å². The summed E-state index contributed by atoms with van der Waals surface area (Å²) in [5.74, 6) is -0.422. The number of nitrogens with zero attached hydrogens (tertiary/aromatic N) is 1. The van der Waals surface area contributed by atoms with E-state index in [0.717, 1.165) is 11.8 Å². The van der Waals surface area contributed by atoms with Gasteiger partial charge in [-0.3, -0.25) is 9.59 Å². The Morgan fingerprint density at radius 2 is 1.93 bits per heavy atom. The van der Waals surface area contributed by atoms with Crippen molar-refractivity contribution in [2.45, 2.75) is 13.3 Å². The summed E-state index contributed by atoms with van der Waals surface area (Å²) in [7, 11) is 0. The molecule has 1 N–H and O–H groups in total. The molecule has 0 unspecified atom stereocenters. The average molecular weight is 396 g/mol. The van der Waals surface area contributed by atoms with Crippen molar-refractivity contribution in [2.24, 2.45) is 4.99 Å². The van der Waals surface area contributed by atoms with Gasteiger partial charge in [0.15, 0.2) is 5.17 Å². The van der Waals surface area contributed by atoms with Crippen LogP contribution in [0, 0.1) is 0 Å². The quantitative estimate of drug-likeness (QED) is 0.795. The molecule has 3 rings (SSSR count). The van der Waals surface area contributed by atoms with Crippen molar-refractivity contribution in [3.8, 4) is 17.1 Å². The molecule has 1 aliphatic heterocycles. The number of amidine groups is 1. The molecule has 0 fully saturated rings. The van der Waals surface area contributed by atoms with Crippen LogP contribution in [0.5, 0.6) is 5.75 Å². The molecule has 1 aromatic carbocycles. The molecule has 0 saturated carbocycles. The number of rotatable bonds is 3. The number of ether oxygens (including phenoxy) is 1. The number of amides is 2. The number of furan rings is 1. The fourth-order valence-electron chi connectivity index (χ4n) is 2.15. The minimum atomic E-state index is -4.75. The first-order valence-electron chi connectivity index (χ1n) is 7.46. The van der Waals surface area contributed by atoms with Crippen LogP contribution in [0.1, 0.15) is 12.7 Å². The maximum Gasteiger partial charge on any atom is 0.573 e. The minimum absolute atomic E-state index is 0.186. The molecule has 2 aromatic rings. The lowest BCUT2D eigenvalue weighted by atomic mass is 10.2. The summed E-state index contributed by atoms with van der Waals surface area (Å²) in [6.07, 6.45) is -3.29. The largest absolute Gasteiger partial charge is 0.573 e. The Hall–Kier alpha value is -3.01. The fourth-order valence-corrected chi connectivity index (χ4v) is 2.99. The standard InChI is InChI=1S/C17H11F3N2O4S/c1-9(23)21-16-22-15(24)14(27-16)8-12-6-7-13(25-12)10-2-4-11(5-3-10)26-17(18,19)20/h2-8H,1H3,(H,21,22,23,24). The van der Waals surface area contributed by atoms with E-state index in [2.05, 4.69) is 15.0 Å². The van der Waals surface area contributed by atoms with E-state index in [4.69, 9.17) is 4.42 Å². The minimum Gasteiger partial charge on any atom is -0.457 e. The summed E-state index contributed by atoms with van der Waals surface area (Å²) in [6, 6.07) is 8.41. The first kappa shape index (κ1) is 18.8. The second-order valence-electron chi connectivity index (χ2n) is 5.29. The zero-order chi connectivity index (χ0) is 19.6. The summed E-state index contributed by atoms with van der Waals surface area (Å²) in [6.45, 7) is 1.30. The monoisotopic (exact) mass is 396 g/mol. The highest BCUT2D eigenvalue weighted by Crippen LogP contribution is 2.31. The number of benzene rings is 1. The maximum absolute atomic E-state index is 12.2. The second kappa shape index (κ2) is 7.31. The van der Waals surface area contributed by atoms with Gasteiger partial charge >= 0.3 is 6.36 Å². The predicted molar refractivity (Wildman–Crippen MR) is 92.7 cm³/mol. The van der Waals surface area contributed by atoms with E-state index in [0.29, 0.717) is 17.1 Å². The van der Waals surface area contributed by atoms with E-state index in [1.165, 1.54) is 37.3 Å². The molecule has 10 heteroatoms. The van der Waals surface area contributed by atoms with Gasteiger partial charge in [0.1, 0.15) is 17.3 Å². The van der Waals surface area contributed by atoms with Crippen LogP contribution in [0.15, 0.2) is 50.7 Å².